The van der Waals surface area contributed by atoms with Gasteiger partial charge in [-0.1, -0.05) is 18.2 Å². The first-order valence-electron chi connectivity index (χ1n) is 5.05. The second kappa shape index (κ2) is 4.23. The van der Waals surface area contributed by atoms with E-state index in [0.717, 1.165) is 5.39 Å². The molecule has 0 saturated heterocycles. The number of ketones is 2. The average molecular weight is 213 g/mol. The SMILES string of the molecule is CC(=O)CC(=O)c1cccc2cccnc12. The standard InChI is InChI=1S/C13H11NO2/c1-9(15)8-12(16)11-6-2-4-10-5-3-7-14-13(10)11/h2-7H,8H2,1H3. The lowest BCUT2D eigenvalue weighted by Crippen LogP contribution is -2.05. The molecule has 0 N–H and O–H groups in total. The predicted molar refractivity (Wildman–Crippen MR) is 61.4 cm³/mol. The zero-order valence-electron chi connectivity index (χ0n) is 8.93. The van der Waals surface area contributed by atoms with Gasteiger partial charge in [0.05, 0.1) is 11.9 Å². The van der Waals surface area contributed by atoms with Crippen LogP contribution in [0.2, 0.25) is 0 Å². The number of hydrogen-bond acceptors (Lipinski definition) is 3. The van der Waals surface area contributed by atoms with Crippen LogP contribution in [0.4, 0.5) is 0 Å². The minimum absolute atomic E-state index is 0.0598. The van der Waals surface area contributed by atoms with E-state index in [4.69, 9.17) is 0 Å². The van der Waals surface area contributed by atoms with Crippen molar-refractivity contribution in [3.05, 3.63) is 42.1 Å². The third-order valence-corrected chi connectivity index (χ3v) is 2.34. The van der Waals surface area contributed by atoms with Crippen LogP contribution in [-0.4, -0.2) is 16.6 Å². The van der Waals surface area contributed by atoms with Crippen LogP contribution in [-0.2, 0) is 4.79 Å². The lowest BCUT2D eigenvalue weighted by atomic mass is 10.0. The van der Waals surface area contributed by atoms with Gasteiger partial charge >= 0.3 is 0 Å². The molecule has 0 unspecified atom stereocenters. The summed E-state index contributed by atoms with van der Waals surface area (Å²) in [6.45, 7) is 1.41. The number of hydrogen-bond donors (Lipinski definition) is 0. The lowest BCUT2D eigenvalue weighted by Gasteiger charge is -2.03. The van der Waals surface area contributed by atoms with E-state index in [9.17, 15) is 9.59 Å². The first kappa shape index (κ1) is 10.5. The smallest absolute Gasteiger partial charge is 0.172 e. The zero-order chi connectivity index (χ0) is 11.5. The number of aromatic nitrogens is 1. The Morgan fingerprint density at radius 2 is 1.94 bits per heavy atom. The van der Waals surface area contributed by atoms with E-state index in [1.54, 1.807) is 18.3 Å². The van der Waals surface area contributed by atoms with Crippen molar-refractivity contribution in [1.29, 1.82) is 0 Å². The molecule has 1 aromatic carbocycles. The molecule has 0 aliphatic rings. The molecule has 0 radical (unpaired) electrons. The second-order valence-electron chi connectivity index (χ2n) is 3.68. The summed E-state index contributed by atoms with van der Waals surface area (Å²) in [7, 11) is 0. The lowest BCUT2D eigenvalue weighted by molar-refractivity contribution is -0.116. The van der Waals surface area contributed by atoms with Gasteiger partial charge in [-0.2, -0.15) is 0 Å². The van der Waals surface area contributed by atoms with Crippen molar-refractivity contribution in [2.45, 2.75) is 13.3 Å². The van der Waals surface area contributed by atoms with Gasteiger partial charge in [0, 0.05) is 17.1 Å². The van der Waals surface area contributed by atoms with E-state index >= 15 is 0 Å². The summed E-state index contributed by atoms with van der Waals surface area (Å²) in [5, 5.41) is 0.914. The van der Waals surface area contributed by atoms with Crippen LogP contribution >= 0.6 is 0 Å². The maximum absolute atomic E-state index is 11.8. The number of carbonyl (C=O) groups excluding carboxylic acids is 2. The summed E-state index contributed by atoms with van der Waals surface area (Å²) in [6, 6.07) is 9.12. The van der Waals surface area contributed by atoms with E-state index < -0.39 is 0 Å². The normalized spacial score (nSPS) is 10.3. The minimum Gasteiger partial charge on any atom is -0.300 e. The molecular weight excluding hydrogens is 202 g/mol. The van der Waals surface area contributed by atoms with Gasteiger partial charge in [-0.05, 0) is 19.1 Å². The van der Waals surface area contributed by atoms with Crippen LogP contribution in [0.3, 0.4) is 0 Å². The topological polar surface area (TPSA) is 47.0 Å². The number of Topliss-reactive ketones (excluding diaryl/α,β-unsaturated/α-hetero) is 2. The fourth-order valence-corrected chi connectivity index (χ4v) is 1.65. The third kappa shape index (κ3) is 1.98. The Morgan fingerprint density at radius 1 is 1.19 bits per heavy atom. The quantitative estimate of drug-likeness (QED) is 0.581. The minimum atomic E-state index is -0.170. The van der Waals surface area contributed by atoms with Gasteiger partial charge in [0.2, 0.25) is 0 Å². The summed E-state index contributed by atoms with van der Waals surface area (Å²) in [6.07, 6.45) is 1.59. The molecule has 0 bridgehead atoms. The number of fused-ring (bicyclic) bond motifs is 1. The summed E-state index contributed by atoms with van der Waals surface area (Å²) >= 11 is 0. The molecule has 3 nitrogen and oxygen atoms in total. The van der Waals surface area contributed by atoms with Crippen molar-refractivity contribution in [2.75, 3.05) is 0 Å². The molecule has 1 heterocycles. The molecule has 0 saturated carbocycles. The Balaban J connectivity index is 2.52. The number of rotatable bonds is 3. The Labute approximate surface area is 93.1 Å². The third-order valence-electron chi connectivity index (χ3n) is 2.34. The highest BCUT2D eigenvalue weighted by molar-refractivity contribution is 6.13. The molecule has 2 rings (SSSR count). The fourth-order valence-electron chi connectivity index (χ4n) is 1.65. The van der Waals surface area contributed by atoms with Crippen molar-refractivity contribution < 1.29 is 9.59 Å². The van der Waals surface area contributed by atoms with Gasteiger partial charge in [-0.3, -0.25) is 14.6 Å². The van der Waals surface area contributed by atoms with E-state index in [1.807, 2.05) is 18.2 Å². The van der Waals surface area contributed by atoms with Gasteiger partial charge in [0.25, 0.3) is 0 Å². The monoisotopic (exact) mass is 213 g/mol. The predicted octanol–water partition coefficient (Wildman–Crippen LogP) is 2.40. The average Bonchev–Trinajstić information content (AvgIpc) is 2.27. The Morgan fingerprint density at radius 3 is 2.69 bits per heavy atom. The van der Waals surface area contributed by atoms with E-state index in [1.165, 1.54) is 6.92 Å². The highest BCUT2D eigenvalue weighted by Gasteiger charge is 2.12. The van der Waals surface area contributed by atoms with Gasteiger partial charge < -0.3 is 0 Å². The Bertz CT molecular complexity index is 555. The van der Waals surface area contributed by atoms with Gasteiger partial charge in [-0.25, -0.2) is 0 Å². The highest BCUT2D eigenvalue weighted by Crippen LogP contribution is 2.17. The maximum Gasteiger partial charge on any atom is 0.172 e. The van der Waals surface area contributed by atoms with E-state index in [0.29, 0.717) is 11.1 Å². The molecule has 0 aliphatic heterocycles. The summed E-state index contributed by atoms with van der Waals surface area (Å²) in [5.41, 5.74) is 1.18. The van der Waals surface area contributed by atoms with Crippen molar-refractivity contribution in [3.8, 4) is 0 Å². The highest BCUT2D eigenvalue weighted by atomic mass is 16.1. The number of para-hydroxylation sites is 1. The van der Waals surface area contributed by atoms with E-state index in [2.05, 4.69) is 4.98 Å². The molecule has 16 heavy (non-hydrogen) atoms. The van der Waals surface area contributed by atoms with Gasteiger partial charge in [0.1, 0.15) is 5.78 Å². The first-order valence-corrected chi connectivity index (χ1v) is 5.05. The van der Waals surface area contributed by atoms with Crippen molar-refractivity contribution in [2.24, 2.45) is 0 Å². The Kier molecular flexibility index (Phi) is 2.77. The van der Waals surface area contributed by atoms with Crippen LogP contribution in [0, 0.1) is 0 Å². The van der Waals surface area contributed by atoms with Gasteiger partial charge in [-0.15, -0.1) is 0 Å². The molecule has 2 aromatic rings. The number of benzene rings is 1. The second-order valence-corrected chi connectivity index (χ2v) is 3.68. The first-order chi connectivity index (χ1) is 7.68. The molecule has 1 aromatic heterocycles. The van der Waals surface area contributed by atoms with Crippen molar-refractivity contribution in [1.82, 2.24) is 4.98 Å². The summed E-state index contributed by atoms with van der Waals surface area (Å²) in [4.78, 5) is 26.9. The largest absolute Gasteiger partial charge is 0.300 e. The molecule has 0 spiro atoms. The molecule has 80 valence electrons. The van der Waals surface area contributed by atoms with Crippen LogP contribution in [0.25, 0.3) is 10.9 Å². The fraction of sp³-hybridized carbons (Fsp3) is 0.154. The van der Waals surface area contributed by atoms with Crippen LogP contribution in [0.15, 0.2) is 36.5 Å². The molecule has 0 aliphatic carbocycles. The molecular formula is C13H11NO2. The van der Waals surface area contributed by atoms with Crippen LogP contribution in [0.1, 0.15) is 23.7 Å². The maximum atomic E-state index is 11.8. The molecule has 0 amide bonds. The number of carbonyl (C=O) groups is 2. The van der Waals surface area contributed by atoms with Crippen LogP contribution in [0.5, 0.6) is 0 Å². The van der Waals surface area contributed by atoms with Gasteiger partial charge in [0.15, 0.2) is 5.78 Å². The molecule has 0 fully saturated rings. The number of pyridine rings is 1. The zero-order valence-corrected chi connectivity index (χ0v) is 8.93. The Hall–Kier alpha value is -2.03. The molecule has 0 atom stereocenters. The van der Waals surface area contributed by atoms with E-state index in [-0.39, 0.29) is 18.0 Å². The number of nitrogens with zero attached hydrogens (tertiary/aromatic N) is 1. The summed E-state index contributed by atoms with van der Waals surface area (Å²) < 4.78 is 0. The summed E-state index contributed by atoms with van der Waals surface area (Å²) in [5.74, 6) is -0.297. The van der Waals surface area contributed by atoms with Crippen LogP contribution < -0.4 is 0 Å². The van der Waals surface area contributed by atoms with Crippen molar-refractivity contribution in [3.63, 3.8) is 0 Å². The molecule has 3 heteroatoms. The van der Waals surface area contributed by atoms with Crippen molar-refractivity contribution >= 4 is 22.5 Å².